The zero-order valence-corrected chi connectivity index (χ0v) is 11.5. The van der Waals surface area contributed by atoms with E-state index in [4.69, 9.17) is 0 Å². The molecule has 0 atom stereocenters. The molecule has 1 aromatic carbocycles. The molecule has 90 valence electrons. The van der Waals surface area contributed by atoms with Crippen LogP contribution in [0.25, 0.3) is 5.69 Å². The van der Waals surface area contributed by atoms with Crippen molar-refractivity contribution in [3.63, 3.8) is 0 Å². The number of hydrogen-bond acceptors (Lipinski definition) is 3. The summed E-state index contributed by atoms with van der Waals surface area (Å²) in [5.74, 6) is 0. The predicted molar refractivity (Wildman–Crippen MR) is 71.0 cm³/mol. The minimum absolute atomic E-state index is 0.442. The first kappa shape index (κ1) is 12.3. The van der Waals surface area contributed by atoms with Gasteiger partial charge in [-0.2, -0.15) is 0 Å². The van der Waals surface area contributed by atoms with Gasteiger partial charge in [-0.25, -0.2) is 4.68 Å². The molecule has 2 aromatic rings. The van der Waals surface area contributed by atoms with Crippen molar-refractivity contribution in [3.8, 4) is 5.69 Å². The van der Waals surface area contributed by atoms with Gasteiger partial charge in [0.15, 0.2) is 0 Å². The lowest BCUT2D eigenvalue weighted by atomic mass is 10.3. The maximum Gasteiger partial charge on any atom is 0.0809 e. The molecule has 17 heavy (non-hydrogen) atoms. The van der Waals surface area contributed by atoms with Crippen molar-refractivity contribution in [2.75, 3.05) is 0 Å². The smallest absolute Gasteiger partial charge is 0.0809 e. The van der Waals surface area contributed by atoms with E-state index in [1.807, 2.05) is 28.9 Å². The number of halogens is 1. The van der Waals surface area contributed by atoms with Crippen molar-refractivity contribution in [1.82, 2.24) is 20.3 Å². The summed E-state index contributed by atoms with van der Waals surface area (Å²) in [6.45, 7) is 4.99. The van der Waals surface area contributed by atoms with Crippen LogP contribution in [0.5, 0.6) is 0 Å². The topological polar surface area (TPSA) is 42.7 Å². The molecule has 0 aliphatic heterocycles. The number of benzene rings is 1. The number of aromatic nitrogens is 3. The fourth-order valence-electron chi connectivity index (χ4n) is 1.51. The van der Waals surface area contributed by atoms with E-state index >= 15 is 0 Å². The van der Waals surface area contributed by atoms with E-state index in [-0.39, 0.29) is 0 Å². The fourth-order valence-corrected chi connectivity index (χ4v) is 1.96. The minimum Gasteiger partial charge on any atom is -0.309 e. The Hall–Kier alpha value is -1.20. The Labute approximate surface area is 109 Å². The van der Waals surface area contributed by atoms with Gasteiger partial charge in [-0.3, -0.25) is 0 Å². The molecule has 2 rings (SSSR count). The van der Waals surface area contributed by atoms with E-state index in [1.54, 1.807) is 6.20 Å². The van der Waals surface area contributed by atoms with Gasteiger partial charge in [0.2, 0.25) is 0 Å². The molecule has 5 heteroatoms. The monoisotopic (exact) mass is 294 g/mol. The Kier molecular flexibility index (Phi) is 3.91. The SMILES string of the molecule is CC(C)NCc1cnnn1-c1ccccc1Br. The molecule has 0 radical (unpaired) electrons. The Morgan fingerprint density at radius 2 is 2.12 bits per heavy atom. The van der Waals surface area contributed by atoms with Crippen LogP contribution in [0.15, 0.2) is 34.9 Å². The summed E-state index contributed by atoms with van der Waals surface area (Å²) in [6.07, 6.45) is 1.79. The van der Waals surface area contributed by atoms with Gasteiger partial charge in [0.25, 0.3) is 0 Å². The van der Waals surface area contributed by atoms with Crippen molar-refractivity contribution < 1.29 is 0 Å². The van der Waals surface area contributed by atoms with Crippen LogP contribution in [-0.2, 0) is 6.54 Å². The Bertz CT molecular complexity index is 493. The van der Waals surface area contributed by atoms with Gasteiger partial charge in [0, 0.05) is 17.1 Å². The fraction of sp³-hybridized carbons (Fsp3) is 0.333. The summed E-state index contributed by atoms with van der Waals surface area (Å²) < 4.78 is 2.86. The lowest BCUT2D eigenvalue weighted by Crippen LogP contribution is -2.23. The lowest BCUT2D eigenvalue weighted by Gasteiger charge is -2.10. The molecule has 4 nitrogen and oxygen atoms in total. The molecular weight excluding hydrogens is 280 g/mol. The van der Waals surface area contributed by atoms with Gasteiger partial charge in [-0.15, -0.1) is 5.10 Å². The molecule has 0 spiro atoms. The van der Waals surface area contributed by atoms with Crippen LogP contribution in [0.4, 0.5) is 0 Å². The van der Waals surface area contributed by atoms with Gasteiger partial charge in [0.1, 0.15) is 0 Å². The van der Waals surface area contributed by atoms with E-state index in [0.717, 1.165) is 22.4 Å². The average molecular weight is 295 g/mol. The summed E-state index contributed by atoms with van der Waals surface area (Å²) in [6, 6.07) is 8.42. The second-order valence-corrected chi connectivity index (χ2v) is 4.98. The molecule has 0 aliphatic rings. The standard InChI is InChI=1S/C12H15BrN4/c1-9(2)14-7-10-8-15-16-17(10)12-6-4-3-5-11(12)13/h3-6,8-9,14H,7H2,1-2H3. The summed E-state index contributed by atoms with van der Waals surface area (Å²) in [5.41, 5.74) is 2.05. The zero-order valence-electron chi connectivity index (χ0n) is 9.89. The largest absolute Gasteiger partial charge is 0.309 e. The third-order valence-electron chi connectivity index (χ3n) is 2.39. The average Bonchev–Trinajstić information content (AvgIpc) is 2.75. The molecule has 0 saturated heterocycles. The normalized spacial score (nSPS) is 11.1. The summed E-state index contributed by atoms with van der Waals surface area (Å²) in [5, 5.41) is 11.5. The molecule has 0 aliphatic carbocycles. The highest BCUT2D eigenvalue weighted by atomic mass is 79.9. The molecule has 0 amide bonds. The quantitative estimate of drug-likeness (QED) is 0.942. The van der Waals surface area contributed by atoms with Crippen LogP contribution in [0.1, 0.15) is 19.5 Å². The molecular formula is C12H15BrN4. The van der Waals surface area contributed by atoms with Crippen molar-refractivity contribution in [2.24, 2.45) is 0 Å². The van der Waals surface area contributed by atoms with Gasteiger partial charge in [-0.1, -0.05) is 31.2 Å². The molecule has 0 bridgehead atoms. The third kappa shape index (κ3) is 2.92. The molecule has 1 aromatic heterocycles. The summed E-state index contributed by atoms with van der Waals surface area (Å²) >= 11 is 3.52. The van der Waals surface area contributed by atoms with Crippen molar-refractivity contribution in [3.05, 3.63) is 40.6 Å². The Balaban J connectivity index is 2.28. The second-order valence-electron chi connectivity index (χ2n) is 4.12. The highest BCUT2D eigenvalue weighted by Crippen LogP contribution is 2.20. The second kappa shape index (κ2) is 5.42. The van der Waals surface area contributed by atoms with Gasteiger partial charge in [-0.05, 0) is 28.1 Å². The van der Waals surface area contributed by atoms with Crippen LogP contribution in [-0.4, -0.2) is 21.0 Å². The molecule has 1 heterocycles. The number of rotatable bonds is 4. The summed E-state index contributed by atoms with van der Waals surface area (Å²) in [7, 11) is 0. The first-order valence-corrected chi connectivity index (χ1v) is 6.35. The molecule has 0 saturated carbocycles. The van der Waals surface area contributed by atoms with Gasteiger partial charge >= 0.3 is 0 Å². The van der Waals surface area contributed by atoms with Crippen LogP contribution < -0.4 is 5.32 Å². The lowest BCUT2D eigenvalue weighted by molar-refractivity contribution is 0.570. The van der Waals surface area contributed by atoms with Crippen LogP contribution in [0.2, 0.25) is 0 Å². The zero-order chi connectivity index (χ0) is 12.3. The Morgan fingerprint density at radius 3 is 2.82 bits per heavy atom. The highest BCUT2D eigenvalue weighted by Gasteiger charge is 2.08. The van der Waals surface area contributed by atoms with Gasteiger partial charge < -0.3 is 5.32 Å². The summed E-state index contributed by atoms with van der Waals surface area (Å²) in [4.78, 5) is 0. The van der Waals surface area contributed by atoms with Crippen LogP contribution in [0, 0.1) is 0 Å². The van der Waals surface area contributed by atoms with Crippen LogP contribution >= 0.6 is 15.9 Å². The van der Waals surface area contributed by atoms with Crippen molar-refractivity contribution in [1.29, 1.82) is 0 Å². The van der Waals surface area contributed by atoms with Crippen LogP contribution in [0.3, 0.4) is 0 Å². The maximum absolute atomic E-state index is 4.12. The van der Waals surface area contributed by atoms with E-state index < -0.39 is 0 Å². The first-order chi connectivity index (χ1) is 8.18. The Morgan fingerprint density at radius 1 is 1.35 bits per heavy atom. The highest BCUT2D eigenvalue weighted by molar-refractivity contribution is 9.10. The maximum atomic E-state index is 4.12. The number of nitrogens with one attached hydrogen (secondary N) is 1. The van der Waals surface area contributed by atoms with E-state index in [2.05, 4.69) is 45.4 Å². The molecule has 0 fully saturated rings. The van der Waals surface area contributed by atoms with E-state index in [9.17, 15) is 0 Å². The predicted octanol–water partition coefficient (Wildman–Crippen LogP) is 2.53. The molecule has 1 N–H and O–H groups in total. The number of hydrogen-bond donors (Lipinski definition) is 1. The first-order valence-electron chi connectivity index (χ1n) is 5.56. The van der Waals surface area contributed by atoms with E-state index in [0.29, 0.717) is 6.04 Å². The van der Waals surface area contributed by atoms with Crippen molar-refractivity contribution in [2.45, 2.75) is 26.4 Å². The van der Waals surface area contributed by atoms with Gasteiger partial charge in [0.05, 0.1) is 17.6 Å². The third-order valence-corrected chi connectivity index (χ3v) is 3.06. The van der Waals surface area contributed by atoms with Crippen molar-refractivity contribution >= 4 is 15.9 Å². The van der Waals surface area contributed by atoms with E-state index in [1.165, 1.54) is 0 Å². The number of nitrogens with zero attached hydrogens (tertiary/aromatic N) is 3. The minimum atomic E-state index is 0.442. The number of para-hydroxylation sites is 1. The molecule has 0 unspecified atom stereocenters.